The highest BCUT2D eigenvalue weighted by atomic mass is 79.9. The Labute approximate surface area is 234 Å². The lowest BCUT2D eigenvalue weighted by atomic mass is 9.91. The second-order valence-corrected chi connectivity index (χ2v) is 13.4. The summed E-state index contributed by atoms with van der Waals surface area (Å²) in [4.78, 5) is 35.4. The number of hydrogen-bond acceptors (Lipinski definition) is 7. The number of hydrogen-bond donors (Lipinski definition) is 1. The lowest BCUT2D eigenvalue weighted by Crippen LogP contribution is -2.42. The molecule has 1 aliphatic rings. The van der Waals surface area contributed by atoms with Gasteiger partial charge in [0.2, 0.25) is 0 Å². The maximum absolute atomic E-state index is 14.0. The van der Waals surface area contributed by atoms with Gasteiger partial charge < -0.3 is 10.1 Å². The summed E-state index contributed by atoms with van der Waals surface area (Å²) >= 11 is 3.44. The van der Waals surface area contributed by atoms with Crippen molar-refractivity contribution < 1.29 is 17.9 Å². The smallest absolute Gasteiger partial charge is 0.407 e. The standard InChI is InChI=1S/C27H30BrN5O5S/c1-16-7-13-19(14-8-16)39(36,37)33-24-22(21-20(23(28)31-24)6-5-15-29-21)32(26(33)35)18-11-9-17(10-12-18)30-25(34)38-27(2,3)4/h5-8,13-15,17-18H,9-12H2,1-4H3,(H,30,34). The molecule has 0 saturated heterocycles. The van der Waals surface area contributed by atoms with E-state index in [1.165, 1.54) is 16.7 Å². The minimum absolute atomic E-state index is 0.00133. The van der Waals surface area contributed by atoms with Gasteiger partial charge in [0, 0.05) is 23.7 Å². The zero-order chi connectivity index (χ0) is 28.1. The monoisotopic (exact) mass is 615 g/mol. The molecule has 3 heterocycles. The number of fused-ring (bicyclic) bond motifs is 3. The summed E-state index contributed by atoms with van der Waals surface area (Å²) in [5.41, 5.74) is 0.488. The third-order valence-corrected chi connectivity index (χ3v) is 9.11. The van der Waals surface area contributed by atoms with E-state index >= 15 is 0 Å². The first kappa shape index (κ1) is 27.3. The summed E-state index contributed by atoms with van der Waals surface area (Å²) in [6, 6.07) is 9.52. The lowest BCUT2D eigenvalue weighted by molar-refractivity contribution is 0.0488. The molecule has 39 heavy (non-hydrogen) atoms. The average Bonchev–Trinajstić information content (AvgIpc) is 3.16. The van der Waals surface area contributed by atoms with Gasteiger partial charge in [0.05, 0.1) is 4.90 Å². The third-order valence-electron chi connectivity index (χ3n) is 6.83. The molecule has 1 aliphatic carbocycles. The first-order chi connectivity index (χ1) is 18.4. The normalized spacial score (nSPS) is 18.4. The number of rotatable bonds is 4. The van der Waals surface area contributed by atoms with Crippen LogP contribution in [0.2, 0.25) is 0 Å². The van der Waals surface area contributed by atoms with Crippen molar-refractivity contribution in [1.82, 2.24) is 23.8 Å². The van der Waals surface area contributed by atoms with E-state index in [-0.39, 0.29) is 22.6 Å². The minimum Gasteiger partial charge on any atom is -0.444 e. The minimum atomic E-state index is -4.26. The maximum Gasteiger partial charge on any atom is 0.407 e. The molecule has 1 aromatic carbocycles. The van der Waals surface area contributed by atoms with Crippen LogP contribution in [-0.2, 0) is 14.8 Å². The SMILES string of the molecule is Cc1ccc(S(=O)(=O)n2c(=O)n(C3CCC(NC(=O)OC(C)(C)C)CC3)c3c4ncccc4c(Br)nc32)cc1. The molecule has 1 saturated carbocycles. The molecule has 0 spiro atoms. The highest BCUT2D eigenvalue weighted by Crippen LogP contribution is 2.35. The van der Waals surface area contributed by atoms with Crippen molar-refractivity contribution in [3.63, 3.8) is 0 Å². The molecular weight excluding hydrogens is 586 g/mol. The van der Waals surface area contributed by atoms with Gasteiger partial charge in [-0.25, -0.2) is 23.0 Å². The molecule has 206 valence electrons. The topological polar surface area (TPSA) is 125 Å². The second kappa shape index (κ2) is 10.1. The number of alkyl carbamates (subject to hydrolysis) is 1. The Bertz CT molecular complexity index is 1730. The van der Waals surface area contributed by atoms with Crippen molar-refractivity contribution in [3.8, 4) is 0 Å². The zero-order valence-corrected chi connectivity index (χ0v) is 24.5. The van der Waals surface area contributed by atoms with Crippen molar-refractivity contribution in [2.75, 3.05) is 0 Å². The molecule has 0 aliphatic heterocycles. The van der Waals surface area contributed by atoms with Gasteiger partial charge in [-0.1, -0.05) is 17.7 Å². The van der Waals surface area contributed by atoms with Crippen LogP contribution in [0.25, 0.3) is 22.1 Å². The van der Waals surface area contributed by atoms with Crippen molar-refractivity contribution in [2.45, 2.75) is 76.0 Å². The Balaban J connectivity index is 1.60. The highest BCUT2D eigenvalue weighted by molar-refractivity contribution is 9.10. The first-order valence-corrected chi connectivity index (χ1v) is 15.0. The number of nitrogens with one attached hydrogen (secondary N) is 1. The number of carbonyl (C=O) groups excluding carboxylic acids is 1. The van der Waals surface area contributed by atoms with E-state index in [1.807, 2.05) is 13.0 Å². The number of aromatic nitrogens is 4. The van der Waals surface area contributed by atoms with Crippen LogP contribution >= 0.6 is 15.9 Å². The fourth-order valence-electron chi connectivity index (χ4n) is 5.04. The Kier molecular flexibility index (Phi) is 7.04. The van der Waals surface area contributed by atoms with Crippen LogP contribution in [0.4, 0.5) is 4.79 Å². The van der Waals surface area contributed by atoms with Crippen LogP contribution in [0.3, 0.4) is 0 Å². The Hall–Kier alpha value is -3.25. The van der Waals surface area contributed by atoms with Gasteiger partial charge in [0.15, 0.2) is 5.65 Å². The van der Waals surface area contributed by atoms with Crippen LogP contribution in [0.5, 0.6) is 0 Å². The van der Waals surface area contributed by atoms with Crippen molar-refractivity contribution >= 4 is 54.1 Å². The summed E-state index contributed by atoms with van der Waals surface area (Å²) < 4.78 is 35.7. The fraction of sp³-hybridized carbons (Fsp3) is 0.407. The lowest BCUT2D eigenvalue weighted by Gasteiger charge is -2.30. The van der Waals surface area contributed by atoms with Crippen LogP contribution in [0.1, 0.15) is 58.1 Å². The number of benzene rings is 1. The van der Waals surface area contributed by atoms with E-state index in [2.05, 4.69) is 31.2 Å². The number of nitrogens with zero attached hydrogens (tertiary/aromatic N) is 4. The van der Waals surface area contributed by atoms with E-state index in [4.69, 9.17) is 4.74 Å². The number of carbonyl (C=O) groups is 1. The second-order valence-electron chi connectivity index (χ2n) is 10.9. The number of pyridine rings is 2. The molecule has 0 bridgehead atoms. The molecule has 3 aromatic heterocycles. The summed E-state index contributed by atoms with van der Waals surface area (Å²) in [6.45, 7) is 7.28. The summed E-state index contributed by atoms with van der Waals surface area (Å²) in [7, 11) is -4.26. The molecule has 12 heteroatoms. The van der Waals surface area contributed by atoms with E-state index in [0.29, 0.717) is 46.7 Å². The molecule has 5 rings (SSSR count). The third kappa shape index (κ3) is 5.19. The molecule has 0 unspecified atom stereocenters. The number of aryl methyl sites for hydroxylation is 1. The number of amides is 1. The molecule has 1 fully saturated rings. The van der Waals surface area contributed by atoms with Gasteiger partial charge in [-0.3, -0.25) is 9.55 Å². The predicted molar refractivity (Wildman–Crippen MR) is 151 cm³/mol. The summed E-state index contributed by atoms with van der Waals surface area (Å²) in [5.74, 6) is 0. The number of imidazole rings is 1. The van der Waals surface area contributed by atoms with Crippen molar-refractivity contribution in [1.29, 1.82) is 0 Å². The van der Waals surface area contributed by atoms with E-state index in [1.54, 1.807) is 45.2 Å². The fourth-order valence-corrected chi connectivity index (χ4v) is 6.87. The molecule has 1 amide bonds. The van der Waals surface area contributed by atoms with Gasteiger partial charge in [-0.15, -0.1) is 0 Å². The predicted octanol–water partition coefficient (Wildman–Crippen LogP) is 5.06. The molecule has 10 nitrogen and oxygen atoms in total. The molecule has 0 radical (unpaired) electrons. The van der Waals surface area contributed by atoms with Crippen LogP contribution in [0, 0.1) is 6.92 Å². The quantitative estimate of drug-likeness (QED) is 0.318. The number of halogens is 1. The highest BCUT2D eigenvalue weighted by Gasteiger charge is 2.33. The van der Waals surface area contributed by atoms with Crippen LogP contribution < -0.4 is 11.0 Å². The zero-order valence-electron chi connectivity index (χ0n) is 22.1. The maximum atomic E-state index is 14.0. The Morgan fingerprint density at radius 2 is 1.77 bits per heavy atom. The Morgan fingerprint density at radius 1 is 1.10 bits per heavy atom. The Morgan fingerprint density at radius 3 is 2.41 bits per heavy atom. The summed E-state index contributed by atoms with van der Waals surface area (Å²) in [6.07, 6.45) is 3.43. The summed E-state index contributed by atoms with van der Waals surface area (Å²) in [5, 5.41) is 3.58. The van der Waals surface area contributed by atoms with E-state index in [0.717, 1.165) is 9.54 Å². The van der Waals surface area contributed by atoms with E-state index < -0.39 is 27.4 Å². The molecule has 0 atom stereocenters. The van der Waals surface area contributed by atoms with Crippen molar-refractivity contribution in [3.05, 3.63) is 63.2 Å². The van der Waals surface area contributed by atoms with Gasteiger partial charge in [-0.2, -0.15) is 3.97 Å². The van der Waals surface area contributed by atoms with Crippen LogP contribution in [-0.4, -0.2) is 44.7 Å². The van der Waals surface area contributed by atoms with Crippen LogP contribution in [0.15, 0.2) is 56.9 Å². The van der Waals surface area contributed by atoms with Gasteiger partial charge in [0.1, 0.15) is 21.2 Å². The number of ether oxygens (including phenoxy) is 1. The molecule has 1 N–H and O–H groups in total. The van der Waals surface area contributed by atoms with Crippen molar-refractivity contribution in [2.24, 2.45) is 0 Å². The first-order valence-electron chi connectivity index (χ1n) is 12.8. The van der Waals surface area contributed by atoms with Gasteiger partial charge in [-0.05, 0) is 93.6 Å². The van der Waals surface area contributed by atoms with Gasteiger partial charge >= 0.3 is 11.8 Å². The largest absolute Gasteiger partial charge is 0.444 e. The molecular formula is C27H30BrN5O5S. The average molecular weight is 617 g/mol. The van der Waals surface area contributed by atoms with Gasteiger partial charge in [0.25, 0.3) is 10.0 Å². The van der Waals surface area contributed by atoms with E-state index in [9.17, 15) is 18.0 Å². The molecule has 4 aromatic rings.